The van der Waals surface area contributed by atoms with Gasteiger partial charge >= 0.3 is 47.5 Å². The van der Waals surface area contributed by atoms with Crippen molar-refractivity contribution in [3.05, 3.63) is 0 Å². The molecule has 11 heteroatoms. The molecule has 182 valence electrons. The zero-order chi connectivity index (χ0) is 19.5. The van der Waals surface area contributed by atoms with E-state index in [1.807, 2.05) is 22.6 Å². The van der Waals surface area contributed by atoms with E-state index in [-0.39, 0.29) is 88.5 Å². The third-order valence-electron chi connectivity index (χ3n) is 3.53. The molecule has 0 rings (SSSR count). The maximum Gasteiger partial charge on any atom is 1.00 e. The topological polar surface area (TPSA) is 151 Å². The Kier molecular flexibility index (Phi) is 60.3. The van der Waals surface area contributed by atoms with Crippen LogP contribution in [0, 0.1) is 0 Å². The van der Waals surface area contributed by atoms with Gasteiger partial charge in [-0.05, 0) is 19.3 Å². The number of ether oxygens (including phenoxy) is 1. The number of carbonyl (C=O) groups excluding carboxylic acids is 2. The second-order valence-corrected chi connectivity index (χ2v) is 7.57. The minimum Gasteiger partial charge on any atom is -1.00 e. The molecule has 7 nitrogen and oxygen atoms in total. The van der Waals surface area contributed by atoms with Gasteiger partial charge in [-0.2, -0.15) is 0 Å². The summed E-state index contributed by atoms with van der Waals surface area (Å²) in [4.78, 5) is 32.5. The largest absolute Gasteiger partial charge is 1.00 e. The molecular formula is C19H44BrClIN2NaO5. The van der Waals surface area contributed by atoms with Crippen LogP contribution in [0.3, 0.4) is 0 Å². The Hall–Kier alpha value is 1.03. The molecule has 1 unspecified atom stereocenters. The molecule has 0 aromatic rings. The molecular weight excluding hydrogens is 601 g/mol. The van der Waals surface area contributed by atoms with Gasteiger partial charge in [0, 0.05) is 12.8 Å². The number of carboxylic acids is 1. The average molecular weight is 646 g/mol. The number of alkyl halides is 1. The van der Waals surface area contributed by atoms with E-state index in [2.05, 4.69) is 25.5 Å². The summed E-state index contributed by atoms with van der Waals surface area (Å²) in [6.45, 7) is 6.26. The van der Waals surface area contributed by atoms with E-state index in [4.69, 9.17) is 5.11 Å². The third kappa shape index (κ3) is 39.5. The summed E-state index contributed by atoms with van der Waals surface area (Å²) >= 11 is 1.97. The van der Waals surface area contributed by atoms with E-state index in [1.54, 1.807) is 0 Å². The van der Waals surface area contributed by atoms with Crippen LogP contribution < -0.4 is 41.9 Å². The third-order valence-corrected chi connectivity index (χ3v) is 4.68. The van der Waals surface area contributed by atoms with Crippen molar-refractivity contribution >= 4 is 69.9 Å². The molecule has 0 aliphatic heterocycles. The van der Waals surface area contributed by atoms with Crippen LogP contribution in [0.25, 0.3) is 0 Å². The molecule has 0 bridgehead atoms. The van der Waals surface area contributed by atoms with Gasteiger partial charge in [0.05, 0.1) is 0 Å². The normalized spacial score (nSPS) is 9.33. The zero-order valence-corrected chi connectivity index (χ0v) is 25.9. The van der Waals surface area contributed by atoms with E-state index in [9.17, 15) is 14.4 Å². The average Bonchev–Trinajstić information content (AvgIpc) is 2.56. The van der Waals surface area contributed by atoms with Crippen LogP contribution in [-0.2, 0) is 19.1 Å². The van der Waals surface area contributed by atoms with Crippen LogP contribution >= 0.6 is 52.0 Å². The van der Waals surface area contributed by atoms with Gasteiger partial charge in [0.2, 0.25) is 0 Å². The molecule has 0 fully saturated rings. The summed E-state index contributed by atoms with van der Waals surface area (Å²) < 4.78 is 4.48. The summed E-state index contributed by atoms with van der Waals surface area (Å²) in [5, 5.41) is 8.47. The van der Waals surface area contributed by atoms with E-state index in [0.717, 1.165) is 64.2 Å². The second-order valence-electron chi connectivity index (χ2n) is 6.06. The first-order chi connectivity index (χ1) is 11.9. The molecule has 1 atom stereocenters. The fraction of sp³-hybridized carbons (Fsp3) is 0.842. The number of rotatable bonds is 13. The minimum absolute atomic E-state index is 0. The summed E-state index contributed by atoms with van der Waals surface area (Å²) in [6.07, 6.45) is 10.7. The van der Waals surface area contributed by atoms with Crippen molar-refractivity contribution in [1.82, 2.24) is 12.3 Å². The van der Waals surface area contributed by atoms with Gasteiger partial charge in [0.25, 0.3) is 0 Å². The zero-order valence-electron chi connectivity index (χ0n) is 20.3. The van der Waals surface area contributed by atoms with Crippen LogP contribution in [0.2, 0.25) is 0 Å². The number of carbonyl (C=O) groups is 3. The fourth-order valence-corrected chi connectivity index (χ4v) is 2.41. The predicted octanol–water partition coefficient (Wildman–Crippen LogP) is 4.11. The van der Waals surface area contributed by atoms with Gasteiger partial charge in [0.15, 0.2) is 0 Å². The second kappa shape index (κ2) is 37.4. The molecule has 7 N–H and O–H groups in total. The summed E-state index contributed by atoms with van der Waals surface area (Å²) in [5.41, 5.74) is 0. The number of unbranched alkanes of at least 4 members (excludes halogenated alkanes) is 6. The van der Waals surface area contributed by atoms with Crippen LogP contribution in [0.5, 0.6) is 0 Å². The Labute approximate surface area is 237 Å². The van der Waals surface area contributed by atoms with Gasteiger partial charge in [-0.1, -0.05) is 88.3 Å². The number of halogens is 3. The van der Waals surface area contributed by atoms with Gasteiger partial charge < -0.3 is 23.6 Å². The maximum atomic E-state index is 11.1. The Balaban J connectivity index is -0.0000000500. The molecule has 0 aromatic heterocycles. The summed E-state index contributed by atoms with van der Waals surface area (Å²) in [7, 11) is 0. The van der Waals surface area contributed by atoms with Crippen LogP contribution in [0.15, 0.2) is 0 Å². The molecule has 0 saturated carbocycles. The number of carboxylic acid groups (broad SMARTS) is 1. The Morgan fingerprint density at radius 2 is 1.17 bits per heavy atom. The molecule has 30 heavy (non-hydrogen) atoms. The first-order valence-electron chi connectivity index (χ1n) is 9.49. The molecule has 0 heterocycles. The number of hydrogen-bond acceptors (Lipinski definition) is 6. The van der Waals surface area contributed by atoms with Crippen LogP contribution in [0.1, 0.15) is 99.2 Å². The van der Waals surface area contributed by atoms with Gasteiger partial charge in [0.1, 0.15) is 3.92 Å². The Morgan fingerprint density at radius 3 is 1.47 bits per heavy atom. The molecule has 0 saturated heterocycles. The first kappa shape index (κ1) is 48.5. The number of esters is 2. The smallest absolute Gasteiger partial charge is 1.00 e. The standard InChI is InChI=1S/C12H22O3.C7H13IO2.BrH.ClH.2H3N.Na.H/c1-3-5-7-9-11(13)15-12(14)10-8-6-4-2;1-2-3-4-5-6(8)7(9)10;;;;;;/h3-10H2,1-2H3;6H,2-5H2,1H3,(H,9,10);2*1H;2*1H3;;/q;;;;;;+1;-1. The Bertz CT molecular complexity index is 373. The van der Waals surface area contributed by atoms with Crippen molar-refractivity contribution in [3.63, 3.8) is 0 Å². The first-order valence-corrected chi connectivity index (χ1v) is 10.7. The monoisotopic (exact) mass is 644 g/mol. The van der Waals surface area contributed by atoms with E-state index in [1.165, 1.54) is 0 Å². The van der Waals surface area contributed by atoms with Crippen LogP contribution in [-0.4, -0.2) is 26.9 Å². The SMILES string of the molecule is Br.CCCCCC(=O)OC(=O)CCCCC.CCCCCC(I)C(=O)O.Cl.N.N.[H-].[Na+]. The molecule has 0 aliphatic carbocycles. The fourth-order valence-electron chi connectivity index (χ4n) is 1.96. The van der Waals surface area contributed by atoms with E-state index < -0.39 is 5.97 Å². The van der Waals surface area contributed by atoms with Crippen molar-refractivity contribution in [2.45, 2.75) is 102 Å². The van der Waals surface area contributed by atoms with Gasteiger partial charge in [-0.3, -0.25) is 14.4 Å². The van der Waals surface area contributed by atoms with Gasteiger partial charge in [-0.15, -0.1) is 29.4 Å². The van der Waals surface area contributed by atoms with Crippen molar-refractivity contribution in [3.8, 4) is 0 Å². The molecule has 0 aliphatic rings. The summed E-state index contributed by atoms with van der Waals surface area (Å²) in [6, 6.07) is 0. The molecule has 0 spiro atoms. The predicted molar refractivity (Wildman–Crippen MR) is 138 cm³/mol. The van der Waals surface area contributed by atoms with E-state index in [0.29, 0.717) is 12.8 Å². The van der Waals surface area contributed by atoms with Gasteiger partial charge in [-0.25, -0.2) is 0 Å². The molecule has 0 amide bonds. The van der Waals surface area contributed by atoms with Crippen molar-refractivity contribution in [1.29, 1.82) is 0 Å². The Morgan fingerprint density at radius 1 is 0.833 bits per heavy atom. The van der Waals surface area contributed by atoms with Crippen molar-refractivity contribution in [2.75, 3.05) is 0 Å². The quantitative estimate of drug-likeness (QED) is 0.0681. The van der Waals surface area contributed by atoms with Crippen molar-refractivity contribution in [2.24, 2.45) is 0 Å². The number of aliphatic carboxylic acids is 1. The minimum atomic E-state index is -0.684. The number of hydrogen-bond donors (Lipinski definition) is 3. The van der Waals surface area contributed by atoms with Crippen LogP contribution in [0.4, 0.5) is 0 Å². The maximum absolute atomic E-state index is 11.1. The summed E-state index contributed by atoms with van der Waals surface area (Å²) in [5.74, 6) is -1.42. The van der Waals surface area contributed by atoms with Crippen molar-refractivity contribution < 1.29 is 55.2 Å². The molecule has 0 radical (unpaired) electrons. The van der Waals surface area contributed by atoms with E-state index >= 15 is 0 Å². The molecule has 0 aromatic carbocycles.